The molecule has 2 unspecified atom stereocenters. The maximum atomic E-state index is 9.78. The first-order valence-electron chi connectivity index (χ1n) is 4.67. The summed E-state index contributed by atoms with van der Waals surface area (Å²) in [5.74, 6) is 0. The van der Waals surface area contributed by atoms with E-state index in [1.165, 1.54) is 0 Å². The Morgan fingerprint density at radius 3 is 2.60 bits per heavy atom. The van der Waals surface area contributed by atoms with Gasteiger partial charge in [-0.2, -0.15) is 0 Å². The first kappa shape index (κ1) is 12.3. The third-order valence-electron chi connectivity index (χ3n) is 2.19. The number of hydrogen-bond acceptors (Lipinski definition) is 4. The van der Waals surface area contributed by atoms with Crippen LogP contribution in [0.15, 0.2) is 18.2 Å². The van der Waals surface area contributed by atoms with Crippen LogP contribution in [-0.4, -0.2) is 22.9 Å². The minimum absolute atomic E-state index is 0.304. The zero-order valence-electron chi connectivity index (χ0n) is 8.23. The molecule has 5 heteroatoms. The summed E-state index contributed by atoms with van der Waals surface area (Å²) in [7, 11) is 0. The Balaban J connectivity index is 2.89. The number of hydrogen-bond donors (Lipinski definition) is 4. The van der Waals surface area contributed by atoms with Gasteiger partial charge in [0.15, 0.2) is 0 Å². The molecule has 0 aliphatic heterocycles. The van der Waals surface area contributed by atoms with E-state index < -0.39 is 12.2 Å². The van der Waals surface area contributed by atoms with Crippen molar-refractivity contribution in [2.24, 2.45) is 5.73 Å². The maximum absolute atomic E-state index is 9.78. The quantitative estimate of drug-likeness (QED) is 0.572. The van der Waals surface area contributed by atoms with E-state index in [4.69, 9.17) is 23.1 Å². The monoisotopic (exact) mass is 230 g/mol. The number of nitrogen functional groups attached to an aromatic ring is 1. The molecule has 0 heterocycles. The molecule has 1 aromatic rings. The Labute approximate surface area is 93.5 Å². The molecule has 15 heavy (non-hydrogen) atoms. The molecule has 2 atom stereocenters. The van der Waals surface area contributed by atoms with Crippen molar-refractivity contribution in [2.75, 3.05) is 12.3 Å². The number of rotatable bonds is 4. The van der Waals surface area contributed by atoms with Crippen LogP contribution >= 0.6 is 11.6 Å². The minimum Gasteiger partial charge on any atom is -0.398 e. The molecular formula is C10H15ClN2O2. The van der Waals surface area contributed by atoms with Gasteiger partial charge in [0, 0.05) is 16.3 Å². The van der Waals surface area contributed by atoms with Gasteiger partial charge in [0.2, 0.25) is 0 Å². The standard InChI is InChI=1S/C10H15ClN2O2/c11-6-1-2-8(13)7(5-6)10(15)9(14)3-4-12/h1-2,5,9-10,14-15H,3-4,12-13H2. The van der Waals surface area contributed by atoms with Gasteiger partial charge in [-0.3, -0.25) is 0 Å². The fourth-order valence-electron chi connectivity index (χ4n) is 1.34. The largest absolute Gasteiger partial charge is 0.398 e. The van der Waals surface area contributed by atoms with Crippen LogP contribution in [0.25, 0.3) is 0 Å². The molecule has 0 aliphatic carbocycles. The van der Waals surface area contributed by atoms with Gasteiger partial charge in [0.1, 0.15) is 6.10 Å². The van der Waals surface area contributed by atoms with Crippen LogP contribution in [0.3, 0.4) is 0 Å². The van der Waals surface area contributed by atoms with Crippen molar-refractivity contribution in [1.29, 1.82) is 0 Å². The Morgan fingerprint density at radius 1 is 1.33 bits per heavy atom. The van der Waals surface area contributed by atoms with Crippen LogP contribution in [0.2, 0.25) is 5.02 Å². The highest BCUT2D eigenvalue weighted by Gasteiger charge is 2.19. The fraction of sp³-hybridized carbons (Fsp3) is 0.400. The number of aliphatic hydroxyl groups excluding tert-OH is 2. The highest BCUT2D eigenvalue weighted by molar-refractivity contribution is 6.30. The second-order valence-electron chi connectivity index (χ2n) is 3.36. The average molecular weight is 231 g/mol. The van der Waals surface area contributed by atoms with E-state index in [0.29, 0.717) is 29.2 Å². The normalized spacial score (nSPS) is 14.9. The summed E-state index contributed by atoms with van der Waals surface area (Å²) in [6, 6.07) is 4.76. The Morgan fingerprint density at radius 2 is 2.00 bits per heavy atom. The Bertz CT molecular complexity index is 333. The van der Waals surface area contributed by atoms with Gasteiger partial charge in [-0.25, -0.2) is 0 Å². The van der Waals surface area contributed by atoms with Crippen molar-refractivity contribution in [3.05, 3.63) is 28.8 Å². The molecular weight excluding hydrogens is 216 g/mol. The third kappa shape index (κ3) is 3.07. The molecule has 0 saturated heterocycles. The maximum Gasteiger partial charge on any atom is 0.107 e. The van der Waals surface area contributed by atoms with Crippen molar-refractivity contribution >= 4 is 17.3 Å². The van der Waals surface area contributed by atoms with Gasteiger partial charge in [0.05, 0.1) is 6.10 Å². The zero-order chi connectivity index (χ0) is 11.4. The van der Waals surface area contributed by atoms with E-state index >= 15 is 0 Å². The lowest BCUT2D eigenvalue weighted by Crippen LogP contribution is -2.22. The van der Waals surface area contributed by atoms with Crippen LogP contribution in [0.5, 0.6) is 0 Å². The minimum atomic E-state index is -1.05. The molecule has 6 N–H and O–H groups in total. The first-order valence-corrected chi connectivity index (χ1v) is 5.05. The van der Waals surface area contributed by atoms with Crippen LogP contribution < -0.4 is 11.5 Å². The van der Waals surface area contributed by atoms with Gasteiger partial charge in [-0.1, -0.05) is 11.6 Å². The van der Waals surface area contributed by atoms with Gasteiger partial charge < -0.3 is 21.7 Å². The fourth-order valence-corrected chi connectivity index (χ4v) is 1.52. The number of anilines is 1. The van der Waals surface area contributed by atoms with Crippen LogP contribution in [0.1, 0.15) is 18.1 Å². The zero-order valence-corrected chi connectivity index (χ0v) is 8.98. The number of halogens is 1. The summed E-state index contributed by atoms with van der Waals surface area (Å²) in [5, 5.41) is 19.8. The molecule has 0 radical (unpaired) electrons. The van der Waals surface area contributed by atoms with Crippen molar-refractivity contribution in [2.45, 2.75) is 18.6 Å². The van der Waals surface area contributed by atoms with Crippen molar-refractivity contribution in [3.63, 3.8) is 0 Å². The molecule has 0 fully saturated rings. The lowest BCUT2D eigenvalue weighted by atomic mass is 10.0. The molecule has 0 bridgehead atoms. The smallest absolute Gasteiger partial charge is 0.107 e. The predicted molar refractivity (Wildman–Crippen MR) is 60.5 cm³/mol. The highest BCUT2D eigenvalue weighted by atomic mass is 35.5. The Kier molecular flexibility index (Phi) is 4.35. The molecule has 0 spiro atoms. The first-order chi connectivity index (χ1) is 7.06. The topological polar surface area (TPSA) is 92.5 Å². The van der Waals surface area contributed by atoms with E-state index in [2.05, 4.69) is 0 Å². The van der Waals surface area contributed by atoms with E-state index in [1.54, 1.807) is 18.2 Å². The molecule has 0 aromatic heterocycles. The van der Waals surface area contributed by atoms with Crippen LogP contribution in [-0.2, 0) is 0 Å². The summed E-state index contributed by atoms with van der Waals surface area (Å²) in [5.41, 5.74) is 11.8. The molecule has 0 amide bonds. The number of nitrogens with two attached hydrogens (primary N) is 2. The second-order valence-corrected chi connectivity index (χ2v) is 3.80. The van der Waals surface area contributed by atoms with E-state index in [1.807, 2.05) is 0 Å². The van der Waals surface area contributed by atoms with Gasteiger partial charge in [0.25, 0.3) is 0 Å². The van der Waals surface area contributed by atoms with Gasteiger partial charge >= 0.3 is 0 Å². The average Bonchev–Trinajstić information content (AvgIpc) is 2.21. The molecule has 84 valence electrons. The van der Waals surface area contributed by atoms with E-state index in [-0.39, 0.29) is 0 Å². The molecule has 1 aromatic carbocycles. The van der Waals surface area contributed by atoms with Crippen LogP contribution in [0, 0.1) is 0 Å². The van der Waals surface area contributed by atoms with Crippen molar-refractivity contribution < 1.29 is 10.2 Å². The number of benzene rings is 1. The summed E-state index contributed by atoms with van der Waals surface area (Å²) >= 11 is 5.77. The summed E-state index contributed by atoms with van der Waals surface area (Å²) in [6.07, 6.45) is -1.66. The third-order valence-corrected chi connectivity index (χ3v) is 2.43. The van der Waals surface area contributed by atoms with Crippen molar-refractivity contribution in [1.82, 2.24) is 0 Å². The lowest BCUT2D eigenvalue weighted by molar-refractivity contribution is 0.0154. The van der Waals surface area contributed by atoms with Gasteiger partial charge in [-0.15, -0.1) is 0 Å². The number of aliphatic hydroxyl groups is 2. The molecule has 1 rings (SSSR count). The second kappa shape index (κ2) is 5.32. The van der Waals surface area contributed by atoms with Gasteiger partial charge in [-0.05, 0) is 31.2 Å². The highest BCUT2D eigenvalue weighted by Crippen LogP contribution is 2.27. The Hall–Kier alpha value is -0.810. The van der Waals surface area contributed by atoms with Crippen LogP contribution in [0.4, 0.5) is 5.69 Å². The summed E-state index contributed by atoms with van der Waals surface area (Å²) in [4.78, 5) is 0. The lowest BCUT2D eigenvalue weighted by Gasteiger charge is -2.19. The molecule has 0 aliphatic rings. The SMILES string of the molecule is NCCC(O)C(O)c1cc(Cl)ccc1N. The van der Waals surface area contributed by atoms with Crippen molar-refractivity contribution in [3.8, 4) is 0 Å². The predicted octanol–water partition coefficient (Wildman–Crippen LogP) is 0.665. The molecule has 4 nitrogen and oxygen atoms in total. The summed E-state index contributed by atoms with van der Waals surface area (Å²) in [6.45, 7) is 0.304. The van der Waals surface area contributed by atoms with E-state index in [9.17, 15) is 10.2 Å². The van der Waals surface area contributed by atoms with E-state index in [0.717, 1.165) is 0 Å². The summed E-state index contributed by atoms with van der Waals surface area (Å²) < 4.78 is 0. The molecule has 0 saturated carbocycles.